The third-order valence-electron chi connectivity index (χ3n) is 1.92. The van der Waals surface area contributed by atoms with E-state index in [0.29, 0.717) is 6.61 Å². The number of nitrogens with one attached hydrogen (secondary N) is 1. The van der Waals surface area contributed by atoms with E-state index in [-0.39, 0.29) is 13.0 Å². The maximum atomic E-state index is 11.8. The molecule has 0 heterocycles. The molecule has 5 heteroatoms. The van der Waals surface area contributed by atoms with E-state index in [1.54, 1.807) is 0 Å². The summed E-state index contributed by atoms with van der Waals surface area (Å²) in [5.74, 6) is 0. The molecule has 0 aliphatic carbocycles. The predicted molar refractivity (Wildman–Crippen MR) is 54.5 cm³/mol. The Hall–Kier alpha value is -1.07. The molecule has 0 unspecified atom stereocenters. The van der Waals surface area contributed by atoms with Crippen LogP contribution in [0.25, 0.3) is 0 Å². The van der Waals surface area contributed by atoms with Crippen molar-refractivity contribution < 1.29 is 18.0 Å². The Kier molecular flexibility index (Phi) is 5.28. The molecule has 0 amide bonds. The largest absolute Gasteiger partial charge is 0.389 e. The van der Waals surface area contributed by atoms with Crippen LogP contribution in [0.5, 0.6) is 0 Å². The Labute approximate surface area is 92.4 Å². The second-order valence-electron chi connectivity index (χ2n) is 3.39. The highest BCUT2D eigenvalue weighted by atomic mass is 19.4. The standard InChI is InChI=1S/C11H14F3NO/c12-11(13,14)7-4-8-15-16-9-10-5-2-1-3-6-10/h1-3,5-6,15H,4,7-9H2. The highest BCUT2D eigenvalue weighted by Crippen LogP contribution is 2.20. The summed E-state index contributed by atoms with van der Waals surface area (Å²) >= 11 is 0. The van der Waals surface area contributed by atoms with Gasteiger partial charge in [0.2, 0.25) is 0 Å². The summed E-state index contributed by atoms with van der Waals surface area (Å²) in [6.07, 6.45) is -4.84. The van der Waals surface area contributed by atoms with Crippen LogP contribution >= 0.6 is 0 Å². The first-order chi connectivity index (χ1) is 7.58. The van der Waals surface area contributed by atoms with Gasteiger partial charge in [-0.05, 0) is 12.0 Å². The SMILES string of the molecule is FC(F)(F)CCCNOCc1ccccc1. The minimum atomic E-state index is -4.08. The van der Waals surface area contributed by atoms with Gasteiger partial charge in [0.25, 0.3) is 0 Å². The van der Waals surface area contributed by atoms with E-state index in [1.165, 1.54) is 0 Å². The van der Waals surface area contributed by atoms with Crippen molar-refractivity contribution in [2.45, 2.75) is 25.6 Å². The molecule has 0 fully saturated rings. The molecule has 0 saturated carbocycles. The van der Waals surface area contributed by atoms with Gasteiger partial charge in [0.15, 0.2) is 0 Å². The van der Waals surface area contributed by atoms with Crippen LogP contribution < -0.4 is 5.48 Å². The van der Waals surface area contributed by atoms with Crippen LogP contribution in [0.4, 0.5) is 13.2 Å². The van der Waals surface area contributed by atoms with E-state index in [2.05, 4.69) is 5.48 Å². The van der Waals surface area contributed by atoms with Crippen LogP contribution in [0.3, 0.4) is 0 Å². The van der Waals surface area contributed by atoms with Gasteiger partial charge < -0.3 is 0 Å². The quantitative estimate of drug-likeness (QED) is 0.602. The maximum absolute atomic E-state index is 11.8. The fraction of sp³-hybridized carbons (Fsp3) is 0.455. The summed E-state index contributed by atoms with van der Waals surface area (Å²) in [5, 5.41) is 0. The lowest BCUT2D eigenvalue weighted by atomic mass is 10.2. The third kappa shape index (κ3) is 6.42. The lowest BCUT2D eigenvalue weighted by Gasteiger charge is -2.07. The first-order valence-corrected chi connectivity index (χ1v) is 5.03. The molecule has 1 aromatic carbocycles. The van der Waals surface area contributed by atoms with E-state index >= 15 is 0 Å². The average Bonchev–Trinajstić information content (AvgIpc) is 2.23. The molecular weight excluding hydrogens is 219 g/mol. The number of hydroxylamine groups is 1. The predicted octanol–water partition coefficient (Wildman–Crippen LogP) is 3.05. The zero-order valence-corrected chi connectivity index (χ0v) is 8.76. The Bertz CT molecular complexity index is 287. The highest BCUT2D eigenvalue weighted by molar-refractivity contribution is 5.13. The van der Waals surface area contributed by atoms with Crippen molar-refractivity contribution in [3.8, 4) is 0 Å². The summed E-state index contributed by atoms with van der Waals surface area (Å²) in [5.41, 5.74) is 3.48. The summed E-state index contributed by atoms with van der Waals surface area (Å²) in [7, 11) is 0. The minimum Gasteiger partial charge on any atom is -0.297 e. The lowest BCUT2D eigenvalue weighted by molar-refractivity contribution is -0.136. The smallest absolute Gasteiger partial charge is 0.297 e. The molecule has 2 nitrogen and oxygen atoms in total. The molecule has 0 spiro atoms. The van der Waals surface area contributed by atoms with Gasteiger partial charge in [-0.15, -0.1) is 0 Å². The van der Waals surface area contributed by atoms with E-state index in [1.807, 2.05) is 30.3 Å². The molecule has 0 aliphatic rings. The van der Waals surface area contributed by atoms with Crippen LogP contribution in [0.15, 0.2) is 30.3 Å². The van der Waals surface area contributed by atoms with Crippen LogP contribution in [-0.2, 0) is 11.4 Å². The fourth-order valence-electron chi connectivity index (χ4n) is 1.14. The van der Waals surface area contributed by atoms with Crippen molar-refractivity contribution >= 4 is 0 Å². The Morgan fingerprint density at radius 1 is 1.12 bits per heavy atom. The zero-order valence-electron chi connectivity index (χ0n) is 8.76. The van der Waals surface area contributed by atoms with Gasteiger partial charge >= 0.3 is 6.18 Å². The van der Waals surface area contributed by atoms with Crippen LogP contribution in [0, 0.1) is 0 Å². The van der Waals surface area contributed by atoms with Gasteiger partial charge in [-0.25, -0.2) is 5.48 Å². The summed E-state index contributed by atoms with van der Waals surface area (Å²) < 4.78 is 35.3. The van der Waals surface area contributed by atoms with E-state index in [0.717, 1.165) is 5.56 Å². The molecular formula is C11H14F3NO. The third-order valence-corrected chi connectivity index (χ3v) is 1.92. The van der Waals surface area contributed by atoms with Crippen LogP contribution in [0.2, 0.25) is 0 Å². The number of alkyl halides is 3. The molecule has 0 aromatic heterocycles. The number of hydrogen-bond acceptors (Lipinski definition) is 2. The summed E-state index contributed by atoms with van der Waals surface area (Å²) in [4.78, 5) is 5.02. The molecule has 0 radical (unpaired) electrons. The molecule has 0 saturated heterocycles. The van der Waals surface area contributed by atoms with Crippen molar-refractivity contribution in [3.63, 3.8) is 0 Å². The average molecular weight is 233 g/mol. The molecule has 0 aliphatic heterocycles. The van der Waals surface area contributed by atoms with Gasteiger partial charge in [-0.2, -0.15) is 13.2 Å². The monoisotopic (exact) mass is 233 g/mol. The number of benzene rings is 1. The van der Waals surface area contributed by atoms with Crippen LogP contribution in [0.1, 0.15) is 18.4 Å². The first kappa shape index (κ1) is 13.0. The second kappa shape index (κ2) is 6.50. The Morgan fingerprint density at radius 3 is 2.44 bits per heavy atom. The summed E-state index contributed by atoms with van der Waals surface area (Å²) in [6.45, 7) is 0.555. The minimum absolute atomic E-state index is 0.0261. The molecule has 0 bridgehead atoms. The fourth-order valence-corrected chi connectivity index (χ4v) is 1.14. The number of rotatable bonds is 6. The van der Waals surface area contributed by atoms with Crippen molar-refractivity contribution in [2.24, 2.45) is 0 Å². The van der Waals surface area contributed by atoms with Gasteiger partial charge in [-0.1, -0.05) is 30.3 Å². The molecule has 1 N–H and O–H groups in total. The zero-order chi connectivity index (χ0) is 11.9. The van der Waals surface area contributed by atoms with Crippen molar-refractivity contribution in [2.75, 3.05) is 6.54 Å². The van der Waals surface area contributed by atoms with Gasteiger partial charge in [0.1, 0.15) is 0 Å². The summed E-state index contributed by atoms with van der Waals surface area (Å²) in [6, 6.07) is 9.42. The first-order valence-electron chi connectivity index (χ1n) is 5.03. The van der Waals surface area contributed by atoms with Gasteiger partial charge in [-0.3, -0.25) is 4.84 Å². The van der Waals surface area contributed by atoms with Crippen molar-refractivity contribution in [3.05, 3.63) is 35.9 Å². The maximum Gasteiger partial charge on any atom is 0.389 e. The number of halogens is 3. The Balaban J connectivity index is 2.01. The normalized spacial score (nSPS) is 11.7. The van der Waals surface area contributed by atoms with Gasteiger partial charge in [0, 0.05) is 13.0 Å². The van der Waals surface area contributed by atoms with E-state index < -0.39 is 12.6 Å². The van der Waals surface area contributed by atoms with Gasteiger partial charge in [0.05, 0.1) is 6.61 Å². The van der Waals surface area contributed by atoms with E-state index in [9.17, 15) is 13.2 Å². The molecule has 0 atom stereocenters. The molecule has 1 aromatic rings. The number of hydrogen-bond donors (Lipinski definition) is 1. The molecule has 1 rings (SSSR count). The molecule has 16 heavy (non-hydrogen) atoms. The van der Waals surface area contributed by atoms with Crippen LogP contribution in [-0.4, -0.2) is 12.7 Å². The Morgan fingerprint density at radius 2 is 1.81 bits per heavy atom. The highest BCUT2D eigenvalue weighted by Gasteiger charge is 2.25. The second-order valence-corrected chi connectivity index (χ2v) is 3.39. The lowest BCUT2D eigenvalue weighted by Crippen LogP contribution is -2.18. The van der Waals surface area contributed by atoms with E-state index in [4.69, 9.17) is 4.84 Å². The topological polar surface area (TPSA) is 21.3 Å². The van der Waals surface area contributed by atoms with Crippen molar-refractivity contribution in [1.82, 2.24) is 5.48 Å². The van der Waals surface area contributed by atoms with Crippen molar-refractivity contribution in [1.29, 1.82) is 0 Å². The molecule has 90 valence electrons.